The van der Waals surface area contributed by atoms with Crippen molar-refractivity contribution >= 4 is 34.1 Å². The molecule has 0 saturated carbocycles. The average Bonchev–Trinajstić information content (AvgIpc) is 3.48. The molecule has 0 bridgehead atoms. The van der Waals surface area contributed by atoms with Gasteiger partial charge in [-0.05, 0) is 41.5 Å². The molecule has 2 aromatic heterocycles. The largest absolute Gasteiger partial charge is 0.356 e. The van der Waals surface area contributed by atoms with E-state index >= 15 is 0 Å². The predicted molar refractivity (Wildman–Crippen MR) is 130 cm³/mol. The molecule has 1 saturated heterocycles. The molecule has 2 aliphatic rings. The fourth-order valence-electron chi connectivity index (χ4n) is 5.42. The number of aryl methyl sites for hydroxylation is 1. The first kappa shape index (κ1) is 20.2. The van der Waals surface area contributed by atoms with Crippen molar-refractivity contribution in [1.82, 2.24) is 14.8 Å². The molecule has 6 rings (SSSR count). The Morgan fingerprint density at radius 2 is 1.79 bits per heavy atom. The summed E-state index contributed by atoms with van der Waals surface area (Å²) in [5, 5.41) is 3.17. The van der Waals surface area contributed by atoms with Gasteiger partial charge in [0.05, 0.1) is 12.6 Å². The Kier molecular flexibility index (Phi) is 5.03. The minimum atomic E-state index is -0.446. The number of aromatic amines is 1. The Morgan fingerprint density at radius 1 is 0.970 bits per heavy atom. The number of hydrogen-bond donors (Lipinski definition) is 1. The lowest BCUT2D eigenvalue weighted by Crippen LogP contribution is -2.62. The predicted octanol–water partition coefficient (Wildman–Crippen LogP) is 4.70. The summed E-state index contributed by atoms with van der Waals surface area (Å²) in [6.07, 6.45) is 2.20. The van der Waals surface area contributed by atoms with Crippen molar-refractivity contribution in [3.8, 4) is 0 Å². The van der Waals surface area contributed by atoms with E-state index in [9.17, 15) is 9.59 Å². The number of H-pyrrole nitrogens is 1. The third-order valence-electron chi connectivity index (χ3n) is 6.94. The van der Waals surface area contributed by atoms with Crippen molar-refractivity contribution < 1.29 is 9.59 Å². The second-order valence-electron chi connectivity index (χ2n) is 8.90. The van der Waals surface area contributed by atoms with Crippen LogP contribution in [0, 0.1) is 0 Å². The number of nitrogens with zero attached hydrogens (tertiary/aromatic N) is 2. The normalized spacial score (nSPS) is 20.2. The first-order valence-electron chi connectivity index (χ1n) is 11.4. The van der Waals surface area contributed by atoms with E-state index in [2.05, 4.69) is 29.2 Å². The summed E-state index contributed by atoms with van der Waals surface area (Å²) in [5.74, 6) is 0.0992. The molecule has 1 N–H and O–H groups in total. The standard InChI is InChI=1S/C27H25N3O2S/c31-25-17-29(16-19-9-6-14-33-19)27(32)24-15-21-20-10-4-5-11-22(20)28-26(21)23(30(24)25)13-12-18-7-2-1-3-8-18/h1-11,14,23-24,28H,12-13,15-17H2/t23-,24-/m0/s1. The molecule has 33 heavy (non-hydrogen) atoms. The van der Waals surface area contributed by atoms with Crippen LogP contribution in [-0.4, -0.2) is 39.2 Å². The number of carbonyl (C=O) groups is 2. The lowest BCUT2D eigenvalue weighted by atomic mass is 9.87. The molecule has 0 aliphatic carbocycles. The molecule has 166 valence electrons. The van der Waals surface area contributed by atoms with Crippen LogP contribution >= 0.6 is 11.3 Å². The van der Waals surface area contributed by atoms with Crippen molar-refractivity contribution in [1.29, 1.82) is 0 Å². The quantitative estimate of drug-likeness (QED) is 0.474. The second-order valence-corrected chi connectivity index (χ2v) is 9.93. The fraction of sp³-hybridized carbons (Fsp3) is 0.259. The van der Waals surface area contributed by atoms with Crippen molar-refractivity contribution in [2.75, 3.05) is 6.54 Å². The van der Waals surface area contributed by atoms with Gasteiger partial charge in [-0.2, -0.15) is 0 Å². The number of amides is 2. The summed E-state index contributed by atoms with van der Waals surface area (Å²) in [5.41, 5.74) is 4.59. The first-order chi connectivity index (χ1) is 16.2. The molecule has 2 amide bonds. The third kappa shape index (κ3) is 3.55. The number of piperazine rings is 1. The van der Waals surface area contributed by atoms with E-state index in [0.717, 1.165) is 34.3 Å². The van der Waals surface area contributed by atoms with Gasteiger partial charge < -0.3 is 14.8 Å². The van der Waals surface area contributed by atoms with E-state index < -0.39 is 6.04 Å². The minimum Gasteiger partial charge on any atom is -0.356 e. The van der Waals surface area contributed by atoms with Crippen LogP contribution < -0.4 is 0 Å². The van der Waals surface area contributed by atoms with Gasteiger partial charge in [0.15, 0.2) is 0 Å². The highest BCUT2D eigenvalue weighted by molar-refractivity contribution is 7.09. The third-order valence-corrected chi connectivity index (χ3v) is 7.80. The Morgan fingerprint density at radius 3 is 2.61 bits per heavy atom. The van der Waals surface area contributed by atoms with Crippen LogP contribution in [0.2, 0.25) is 0 Å². The highest BCUT2D eigenvalue weighted by Crippen LogP contribution is 2.41. The summed E-state index contributed by atoms with van der Waals surface area (Å²) in [4.78, 5) is 35.5. The fourth-order valence-corrected chi connectivity index (χ4v) is 6.14. The zero-order chi connectivity index (χ0) is 22.4. The Bertz CT molecular complexity index is 1310. The summed E-state index contributed by atoms with van der Waals surface area (Å²) in [6, 6.07) is 22.1. The first-order valence-corrected chi connectivity index (χ1v) is 12.3. The summed E-state index contributed by atoms with van der Waals surface area (Å²) < 4.78 is 0. The summed E-state index contributed by atoms with van der Waals surface area (Å²) >= 11 is 1.62. The number of nitrogens with one attached hydrogen (secondary N) is 1. The van der Waals surface area contributed by atoms with Gasteiger partial charge in [-0.1, -0.05) is 54.6 Å². The second kappa shape index (κ2) is 8.19. The number of para-hydroxylation sites is 1. The molecule has 6 heteroatoms. The van der Waals surface area contributed by atoms with Gasteiger partial charge >= 0.3 is 0 Å². The molecule has 1 fully saturated rings. The van der Waals surface area contributed by atoms with E-state index in [1.807, 2.05) is 52.7 Å². The SMILES string of the molecule is O=C1[C@@H]2Cc3c([nH]c4ccccc34)[C@H](CCc3ccccc3)N2C(=O)CN1Cc1cccs1. The van der Waals surface area contributed by atoms with Crippen LogP contribution in [0.1, 0.15) is 34.2 Å². The molecule has 5 nitrogen and oxygen atoms in total. The van der Waals surface area contributed by atoms with Gasteiger partial charge in [-0.15, -0.1) is 11.3 Å². The highest BCUT2D eigenvalue weighted by Gasteiger charge is 2.47. The highest BCUT2D eigenvalue weighted by atomic mass is 32.1. The lowest BCUT2D eigenvalue weighted by molar-refractivity contribution is -0.160. The molecule has 2 aromatic carbocycles. The van der Waals surface area contributed by atoms with Gasteiger partial charge in [0.1, 0.15) is 12.6 Å². The molecular weight excluding hydrogens is 430 g/mol. The molecule has 0 unspecified atom stereocenters. The van der Waals surface area contributed by atoms with Crippen LogP contribution in [0.3, 0.4) is 0 Å². The lowest BCUT2D eigenvalue weighted by Gasteiger charge is -2.47. The van der Waals surface area contributed by atoms with E-state index in [0.29, 0.717) is 13.0 Å². The molecular formula is C27H25N3O2S. The van der Waals surface area contributed by atoms with Crippen LogP contribution in [0.15, 0.2) is 72.1 Å². The topological polar surface area (TPSA) is 56.4 Å². The van der Waals surface area contributed by atoms with E-state index in [-0.39, 0.29) is 24.4 Å². The van der Waals surface area contributed by atoms with Crippen molar-refractivity contribution in [2.45, 2.75) is 37.9 Å². The smallest absolute Gasteiger partial charge is 0.246 e. The average molecular weight is 456 g/mol. The Balaban J connectivity index is 1.38. The molecule has 2 aliphatic heterocycles. The monoisotopic (exact) mass is 455 g/mol. The van der Waals surface area contributed by atoms with Crippen LogP contribution in [0.4, 0.5) is 0 Å². The maximum absolute atomic E-state index is 13.6. The van der Waals surface area contributed by atoms with Crippen LogP contribution in [0.25, 0.3) is 10.9 Å². The van der Waals surface area contributed by atoms with E-state index in [1.165, 1.54) is 11.1 Å². The number of aromatic nitrogens is 1. The summed E-state index contributed by atoms with van der Waals surface area (Å²) in [6.45, 7) is 0.645. The Hall–Kier alpha value is -3.38. The van der Waals surface area contributed by atoms with Crippen molar-refractivity contribution in [3.05, 3.63) is 93.8 Å². The van der Waals surface area contributed by atoms with Crippen molar-refractivity contribution in [3.63, 3.8) is 0 Å². The van der Waals surface area contributed by atoms with Gasteiger partial charge in [-0.3, -0.25) is 9.59 Å². The van der Waals surface area contributed by atoms with Gasteiger partial charge in [0.25, 0.3) is 0 Å². The maximum atomic E-state index is 13.6. The summed E-state index contributed by atoms with van der Waals surface area (Å²) in [7, 11) is 0. The molecule has 0 spiro atoms. The zero-order valence-corrected chi connectivity index (χ0v) is 19.1. The van der Waals surface area contributed by atoms with E-state index in [1.54, 1.807) is 16.2 Å². The number of thiophene rings is 1. The number of carbonyl (C=O) groups excluding carboxylic acids is 2. The molecule has 0 radical (unpaired) electrons. The number of rotatable bonds is 5. The van der Waals surface area contributed by atoms with Crippen molar-refractivity contribution in [2.24, 2.45) is 0 Å². The van der Waals surface area contributed by atoms with Gasteiger partial charge in [0, 0.05) is 27.9 Å². The minimum absolute atomic E-state index is 0.0403. The van der Waals surface area contributed by atoms with Crippen LogP contribution in [0.5, 0.6) is 0 Å². The zero-order valence-electron chi connectivity index (χ0n) is 18.2. The molecule has 2 atom stereocenters. The number of fused-ring (bicyclic) bond motifs is 4. The number of hydrogen-bond acceptors (Lipinski definition) is 3. The maximum Gasteiger partial charge on any atom is 0.246 e. The van der Waals surface area contributed by atoms with E-state index in [4.69, 9.17) is 0 Å². The molecule has 4 heterocycles. The van der Waals surface area contributed by atoms with Gasteiger partial charge in [-0.25, -0.2) is 0 Å². The molecule has 4 aromatic rings. The van der Waals surface area contributed by atoms with Crippen LogP contribution in [-0.2, 0) is 29.0 Å². The van der Waals surface area contributed by atoms with Gasteiger partial charge in [0.2, 0.25) is 11.8 Å². The Labute approximate surface area is 196 Å². The number of benzene rings is 2.